The van der Waals surface area contributed by atoms with Crippen LogP contribution in [0.25, 0.3) is 38.4 Å². The normalized spacial score (nSPS) is 11.3. The van der Waals surface area contributed by atoms with Crippen LogP contribution >= 0.6 is 0 Å². The Morgan fingerprint density at radius 2 is 1.51 bits per heavy atom. The monoisotopic (exact) mass is 567 g/mol. The fourth-order valence-electron chi connectivity index (χ4n) is 5.44. The Hall–Kier alpha value is -5.76. The van der Waals surface area contributed by atoms with Gasteiger partial charge in [0.15, 0.2) is 0 Å². The molecule has 3 N–H and O–H groups in total. The van der Waals surface area contributed by atoms with Crippen molar-refractivity contribution in [3.05, 3.63) is 132 Å². The van der Waals surface area contributed by atoms with Gasteiger partial charge in [-0.2, -0.15) is 4.73 Å². The fourth-order valence-corrected chi connectivity index (χ4v) is 5.44. The molecule has 0 aliphatic rings. The quantitative estimate of drug-likeness (QED) is 0.191. The molecule has 0 aliphatic heterocycles. The topological polar surface area (TPSA) is 93.1 Å². The lowest BCUT2D eigenvalue weighted by atomic mass is 10.1. The van der Waals surface area contributed by atoms with Gasteiger partial charge >= 0.3 is 0 Å². The molecular weight excluding hydrogens is 538 g/mol. The Kier molecular flexibility index (Phi) is 6.63. The van der Waals surface area contributed by atoms with Gasteiger partial charge in [0.05, 0.1) is 17.6 Å². The molecule has 7 aromatic rings. The summed E-state index contributed by atoms with van der Waals surface area (Å²) in [5.74, 6) is -0.308. The molecule has 0 saturated heterocycles. The second kappa shape index (κ2) is 10.9. The Labute approximate surface area is 247 Å². The maximum atomic E-state index is 13.0. The first-order valence-electron chi connectivity index (χ1n) is 14.2. The van der Waals surface area contributed by atoms with Crippen molar-refractivity contribution < 1.29 is 14.4 Å². The number of para-hydroxylation sites is 1. The van der Waals surface area contributed by atoms with Crippen LogP contribution in [0.5, 0.6) is 0 Å². The van der Waals surface area contributed by atoms with E-state index in [0.717, 1.165) is 44.1 Å². The number of fused-ring (bicyclic) bond motifs is 3. The second-order valence-electron chi connectivity index (χ2n) is 10.4. The average Bonchev–Trinajstić information content (AvgIpc) is 3.76. The van der Waals surface area contributed by atoms with Crippen molar-refractivity contribution in [3.8, 4) is 5.69 Å². The molecule has 3 heterocycles. The lowest BCUT2D eigenvalue weighted by Crippen LogP contribution is -2.22. The Morgan fingerprint density at radius 1 is 0.744 bits per heavy atom. The van der Waals surface area contributed by atoms with Gasteiger partial charge in [0.2, 0.25) is 0 Å². The molecule has 7 rings (SSSR count). The predicted molar refractivity (Wildman–Crippen MR) is 170 cm³/mol. The van der Waals surface area contributed by atoms with E-state index >= 15 is 0 Å². The minimum Gasteiger partial charge on any atom is -0.414 e. The molecule has 0 radical (unpaired) electrons. The molecule has 0 fully saturated rings. The van der Waals surface area contributed by atoms with E-state index in [0.29, 0.717) is 30.0 Å². The molecule has 0 aliphatic carbocycles. The highest BCUT2D eigenvalue weighted by molar-refractivity contribution is 6.07. The van der Waals surface area contributed by atoms with Gasteiger partial charge in [0.25, 0.3) is 11.8 Å². The van der Waals surface area contributed by atoms with E-state index in [2.05, 4.69) is 20.2 Å². The highest BCUT2D eigenvalue weighted by atomic mass is 16.7. The number of carbonyl (C=O) groups excluding carboxylic acids is 2. The van der Waals surface area contributed by atoms with Crippen molar-refractivity contribution in [1.29, 1.82) is 0 Å². The van der Waals surface area contributed by atoms with Gasteiger partial charge in [-0.15, -0.1) is 0 Å². The van der Waals surface area contributed by atoms with Crippen LogP contribution < -0.4 is 15.5 Å². The summed E-state index contributed by atoms with van der Waals surface area (Å²) in [4.78, 5) is 34.7. The predicted octanol–water partition coefficient (Wildman–Crippen LogP) is 6.70. The number of rotatable bonds is 8. The first-order chi connectivity index (χ1) is 21.1. The third kappa shape index (κ3) is 5.10. The van der Waals surface area contributed by atoms with E-state index in [1.807, 2.05) is 116 Å². The molecule has 0 saturated carbocycles. The maximum absolute atomic E-state index is 13.0. The van der Waals surface area contributed by atoms with E-state index in [1.54, 1.807) is 10.8 Å². The summed E-state index contributed by atoms with van der Waals surface area (Å²) in [5.41, 5.74) is 6.73. The lowest BCUT2D eigenvalue weighted by Gasteiger charge is -2.10. The van der Waals surface area contributed by atoms with E-state index in [9.17, 15) is 9.59 Å². The zero-order valence-corrected chi connectivity index (χ0v) is 23.5. The van der Waals surface area contributed by atoms with Gasteiger partial charge in [-0.3, -0.25) is 9.59 Å². The van der Waals surface area contributed by atoms with Gasteiger partial charge in [0, 0.05) is 56.9 Å². The van der Waals surface area contributed by atoms with Crippen LogP contribution in [-0.4, -0.2) is 32.7 Å². The van der Waals surface area contributed by atoms with Gasteiger partial charge in [-0.05, 0) is 97.2 Å². The second-order valence-corrected chi connectivity index (χ2v) is 10.4. The molecule has 0 atom stereocenters. The molecule has 8 heteroatoms. The van der Waals surface area contributed by atoms with Crippen LogP contribution in [0.15, 0.2) is 116 Å². The number of H-pyrrole nitrogens is 1. The number of benzene rings is 4. The molecule has 0 spiro atoms. The summed E-state index contributed by atoms with van der Waals surface area (Å²) in [7, 11) is 0. The summed E-state index contributed by atoms with van der Waals surface area (Å²) in [6, 6.07) is 32.9. The van der Waals surface area contributed by atoms with Crippen LogP contribution in [0.4, 0.5) is 5.69 Å². The number of amides is 2. The standard InChI is InChI=1S/C35H29N5O3/c1-2-43-40-18-16-25-19-27(9-13-33(25)40)35(42)38-28-10-14-32-26(21-28)15-17-39(32)30-11-7-23(8-12-30)34(41)36-22-29-20-24-5-3-4-6-31(24)37-29/h3-21,37H,2,22H2,1H3,(H,36,41)(H,38,42). The molecule has 212 valence electrons. The summed E-state index contributed by atoms with van der Waals surface area (Å²) in [6.07, 6.45) is 3.83. The highest BCUT2D eigenvalue weighted by Gasteiger charge is 2.12. The average molecular weight is 568 g/mol. The van der Waals surface area contributed by atoms with Crippen LogP contribution in [0.2, 0.25) is 0 Å². The van der Waals surface area contributed by atoms with Crippen molar-refractivity contribution in [1.82, 2.24) is 19.6 Å². The Morgan fingerprint density at radius 3 is 2.35 bits per heavy atom. The van der Waals surface area contributed by atoms with Gasteiger partial charge in [0.1, 0.15) is 6.61 Å². The van der Waals surface area contributed by atoms with Crippen LogP contribution in [0.3, 0.4) is 0 Å². The maximum Gasteiger partial charge on any atom is 0.255 e. The van der Waals surface area contributed by atoms with Crippen molar-refractivity contribution in [2.75, 3.05) is 11.9 Å². The SMILES string of the molecule is CCOn1ccc2cc(C(=O)Nc3ccc4c(ccn4-c4ccc(C(=O)NCc5cc6ccccc6[nH]5)cc4)c3)ccc21. The smallest absolute Gasteiger partial charge is 0.255 e. The number of nitrogens with zero attached hydrogens (tertiary/aromatic N) is 2. The van der Waals surface area contributed by atoms with Gasteiger partial charge < -0.3 is 25.0 Å². The Bertz CT molecular complexity index is 2080. The Balaban J connectivity index is 1.02. The van der Waals surface area contributed by atoms with E-state index in [4.69, 9.17) is 4.84 Å². The largest absolute Gasteiger partial charge is 0.414 e. The zero-order valence-electron chi connectivity index (χ0n) is 23.5. The van der Waals surface area contributed by atoms with E-state index < -0.39 is 0 Å². The van der Waals surface area contributed by atoms with Crippen molar-refractivity contribution >= 4 is 50.2 Å². The number of hydrogen-bond acceptors (Lipinski definition) is 3. The number of aromatic amines is 1. The lowest BCUT2D eigenvalue weighted by molar-refractivity contribution is 0.0949. The molecular formula is C35H29N5O3. The van der Waals surface area contributed by atoms with Crippen LogP contribution in [-0.2, 0) is 6.54 Å². The minimum atomic E-state index is -0.178. The molecule has 2 amide bonds. The summed E-state index contributed by atoms with van der Waals surface area (Å²) < 4.78 is 3.77. The molecule has 4 aromatic carbocycles. The summed E-state index contributed by atoms with van der Waals surface area (Å²) in [5, 5.41) is 9.05. The van der Waals surface area contributed by atoms with Crippen molar-refractivity contribution in [2.24, 2.45) is 0 Å². The minimum absolute atomic E-state index is 0.131. The number of anilines is 1. The van der Waals surface area contributed by atoms with Gasteiger partial charge in [-0.25, -0.2) is 0 Å². The molecule has 0 bridgehead atoms. The first kappa shape index (κ1) is 26.2. The highest BCUT2D eigenvalue weighted by Crippen LogP contribution is 2.25. The van der Waals surface area contributed by atoms with Crippen molar-refractivity contribution in [2.45, 2.75) is 13.5 Å². The molecule has 0 unspecified atom stereocenters. The van der Waals surface area contributed by atoms with Crippen molar-refractivity contribution in [3.63, 3.8) is 0 Å². The third-order valence-electron chi connectivity index (χ3n) is 7.57. The van der Waals surface area contributed by atoms with Crippen LogP contribution in [0.1, 0.15) is 33.3 Å². The number of hydrogen-bond donors (Lipinski definition) is 3. The molecule has 3 aromatic heterocycles. The van der Waals surface area contributed by atoms with E-state index in [1.165, 1.54) is 0 Å². The first-order valence-corrected chi connectivity index (χ1v) is 14.2. The number of nitrogens with one attached hydrogen (secondary N) is 3. The number of aromatic nitrogens is 3. The number of carbonyl (C=O) groups is 2. The third-order valence-corrected chi connectivity index (χ3v) is 7.57. The molecule has 8 nitrogen and oxygen atoms in total. The van der Waals surface area contributed by atoms with Crippen LogP contribution in [0, 0.1) is 0 Å². The molecule has 43 heavy (non-hydrogen) atoms. The fraction of sp³-hybridized carbons (Fsp3) is 0.0857. The summed E-state index contributed by atoms with van der Waals surface area (Å²) >= 11 is 0. The zero-order chi connectivity index (χ0) is 29.3. The summed E-state index contributed by atoms with van der Waals surface area (Å²) in [6.45, 7) is 2.92. The van der Waals surface area contributed by atoms with Gasteiger partial charge in [-0.1, -0.05) is 18.2 Å². The van der Waals surface area contributed by atoms with E-state index in [-0.39, 0.29) is 11.8 Å².